The molecule has 10 heteroatoms. The number of aromatic amines is 1. The number of pyridine rings is 1. The summed E-state index contributed by atoms with van der Waals surface area (Å²) in [5, 5.41) is 21.5. The lowest BCUT2D eigenvalue weighted by Crippen LogP contribution is -2.56. The summed E-state index contributed by atoms with van der Waals surface area (Å²) in [4.78, 5) is 33.9. The third-order valence-electron chi connectivity index (χ3n) is 8.01. The van der Waals surface area contributed by atoms with E-state index in [-0.39, 0.29) is 24.0 Å². The van der Waals surface area contributed by atoms with Crippen molar-refractivity contribution in [2.45, 2.75) is 50.7 Å². The van der Waals surface area contributed by atoms with Crippen LogP contribution in [0, 0.1) is 6.92 Å². The molecule has 2 aliphatic rings. The zero-order valence-electron chi connectivity index (χ0n) is 21.5. The Labute approximate surface area is 234 Å². The van der Waals surface area contributed by atoms with Crippen LogP contribution in [0.25, 0.3) is 10.9 Å². The van der Waals surface area contributed by atoms with Crippen LogP contribution in [0.1, 0.15) is 41.1 Å². The molecule has 0 radical (unpaired) electrons. The SMILES string of the molecule is Cc1cc(CC(c2cccc(Br)n2)C2CC(N3Cc4ccccc4NC3=O)CCN2C(=O)O)cc2cn[nH]c12. The highest BCUT2D eigenvalue weighted by atomic mass is 79.9. The van der Waals surface area contributed by atoms with Crippen molar-refractivity contribution in [3.8, 4) is 0 Å². The summed E-state index contributed by atoms with van der Waals surface area (Å²) in [5.74, 6) is -0.217. The van der Waals surface area contributed by atoms with Crippen LogP contribution in [0.4, 0.5) is 15.3 Å². The number of hydrogen-bond acceptors (Lipinski definition) is 4. The number of urea groups is 1. The van der Waals surface area contributed by atoms with Crippen molar-refractivity contribution in [2.24, 2.45) is 0 Å². The fourth-order valence-electron chi connectivity index (χ4n) is 6.15. The second-order valence-electron chi connectivity index (χ2n) is 10.4. The number of para-hydroxylation sites is 1. The van der Waals surface area contributed by atoms with Crippen LogP contribution in [-0.4, -0.2) is 60.8 Å². The first-order valence-electron chi connectivity index (χ1n) is 13.1. The average molecular weight is 589 g/mol. The average Bonchev–Trinajstić information content (AvgIpc) is 3.40. The summed E-state index contributed by atoms with van der Waals surface area (Å²) < 4.78 is 0.702. The minimum Gasteiger partial charge on any atom is -0.465 e. The first-order valence-corrected chi connectivity index (χ1v) is 13.9. The highest BCUT2D eigenvalue weighted by Crippen LogP contribution is 2.37. The molecule has 9 nitrogen and oxygen atoms in total. The van der Waals surface area contributed by atoms with Crippen LogP contribution in [0.2, 0.25) is 0 Å². The van der Waals surface area contributed by atoms with E-state index < -0.39 is 6.09 Å². The standard InChI is InChI=1S/C29H29BrN6O3/c1-17-11-18(12-20-15-31-34-27(17)20)13-22(24-7-4-8-26(30)32-24)25-14-21(9-10-35(25)29(38)39)36-16-19-5-2-3-6-23(19)33-28(36)37/h2-8,11-12,15,21-22,25H,9-10,13-14,16H2,1H3,(H,31,34)(H,33,37)(H,38,39). The monoisotopic (exact) mass is 588 g/mol. The number of aryl methyl sites for hydroxylation is 1. The van der Waals surface area contributed by atoms with E-state index in [2.05, 4.69) is 43.6 Å². The van der Waals surface area contributed by atoms with Crippen LogP contribution in [0.5, 0.6) is 0 Å². The Bertz CT molecular complexity index is 1560. The Morgan fingerprint density at radius 2 is 2.05 bits per heavy atom. The number of carbonyl (C=O) groups is 2. The Morgan fingerprint density at radius 3 is 2.87 bits per heavy atom. The number of H-pyrrole nitrogens is 1. The number of carbonyl (C=O) groups excluding carboxylic acids is 1. The molecule has 2 aromatic heterocycles. The Morgan fingerprint density at radius 1 is 1.21 bits per heavy atom. The molecule has 3 atom stereocenters. The summed E-state index contributed by atoms with van der Waals surface area (Å²) >= 11 is 3.51. The van der Waals surface area contributed by atoms with Gasteiger partial charge in [0.2, 0.25) is 0 Å². The van der Waals surface area contributed by atoms with E-state index in [9.17, 15) is 14.7 Å². The molecule has 6 rings (SSSR count). The fraction of sp³-hybridized carbons (Fsp3) is 0.310. The zero-order valence-corrected chi connectivity index (χ0v) is 23.1. The molecular formula is C29H29BrN6O3. The van der Waals surface area contributed by atoms with Crippen molar-refractivity contribution < 1.29 is 14.7 Å². The second-order valence-corrected chi connectivity index (χ2v) is 11.2. The number of benzene rings is 2. The molecule has 200 valence electrons. The number of rotatable bonds is 5. The molecule has 3 unspecified atom stereocenters. The smallest absolute Gasteiger partial charge is 0.407 e. The van der Waals surface area contributed by atoms with Crippen LogP contribution in [0.3, 0.4) is 0 Å². The van der Waals surface area contributed by atoms with E-state index in [0.717, 1.165) is 39.0 Å². The van der Waals surface area contributed by atoms with Gasteiger partial charge in [-0.25, -0.2) is 14.6 Å². The third kappa shape index (κ3) is 4.96. The number of nitrogens with one attached hydrogen (secondary N) is 2. The van der Waals surface area contributed by atoms with Gasteiger partial charge >= 0.3 is 12.1 Å². The van der Waals surface area contributed by atoms with E-state index in [0.29, 0.717) is 37.0 Å². The summed E-state index contributed by atoms with van der Waals surface area (Å²) in [6.07, 6.45) is 2.56. The van der Waals surface area contributed by atoms with E-state index in [1.807, 2.05) is 60.5 Å². The van der Waals surface area contributed by atoms with Crippen LogP contribution < -0.4 is 5.32 Å². The quantitative estimate of drug-likeness (QED) is 0.250. The number of nitrogens with zero attached hydrogens (tertiary/aromatic N) is 4. The van der Waals surface area contributed by atoms with E-state index in [4.69, 9.17) is 4.98 Å². The lowest BCUT2D eigenvalue weighted by atomic mass is 9.81. The van der Waals surface area contributed by atoms with Gasteiger partial charge in [0.1, 0.15) is 4.60 Å². The van der Waals surface area contributed by atoms with Crippen LogP contribution in [0.15, 0.2) is 65.4 Å². The molecule has 3 amide bonds. The summed E-state index contributed by atoms with van der Waals surface area (Å²) in [5.41, 5.74) is 5.88. The summed E-state index contributed by atoms with van der Waals surface area (Å²) in [6, 6.07) is 17.2. The minimum atomic E-state index is -0.951. The van der Waals surface area contributed by atoms with Gasteiger partial charge in [0, 0.05) is 47.9 Å². The Kier molecular flexibility index (Phi) is 6.72. The molecule has 0 spiro atoms. The van der Waals surface area contributed by atoms with Crippen molar-refractivity contribution in [1.82, 2.24) is 25.0 Å². The minimum absolute atomic E-state index is 0.105. The molecule has 39 heavy (non-hydrogen) atoms. The maximum absolute atomic E-state index is 13.1. The van der Waals surface area contributed by atoms with Crippen LogP contribution >= 0.6 is 15.9 Å². The molecule has 1 saturated heterocycles. The highest BCUT2D eigenvalue weighted by Gasteiger charge is 2.41. The third-order valence-corrected chi connectivity index (χ3v) is 8.45. The number of likely N-dealkylation sites (tertiary alicyclic amines) is 1. The van der Waals surface area contributed by atoms with Crippen molar-refractivity contribution in [3.63, 3.8) is 0 Å². The van der Waals surface area contributed by atoms with Crippen molar-refractivity contribution >= 4 is 44.6 Å². The van der Waals surface area contributed by atoms with Gasteiger partial charge in [-0.1, -0.05) is 30.3 Å². The molecule has 4 heterocycles. The molecule has 3 N–H and O–H groups in total. The number of amides is 3. The fourth-order valence-corrected chi connectivity index (χ4v) is 6.51. The van der Waals surface area contributed by atoms with Gasteiger partial charge in [-0.2, -0.15) is 5.10 Å². The molecular weight excluding hydrogens is 560 g/mol. The van der Waals surface area contributed by atoms with Crippen molar-refractivity contribution in [2.75, 3.05) is 11.9 Å². The highest BCUT2D eigenvalue weighted by molar-refractivity contribution is 9.10. The molecule has 1 fully saturated rings. The second kappa shape index (κ2) is 10.3. The van der Waals surface area contributed by atoms with Crippen molar-refractivity contribution in [1.29, 1.82) is 0 Å². The molecule has 2 aromatic carbocycles. The van der Waals surface area contributed by atoms with Gasteiger partial charge in [0.25, 0.3) is 0 Å². The molecule has 2 aliphatic heterocycles. The first-order chi connectivity index (χ1) is 18.9. The van der Waals surface area contributed by atoms with Gasteiger partial charge in [-0.15, -0.1) is 0 Å². The van der Waals surface area contributed by atoms with Crippen molar-refractivity contribution in [3.05, 3.63) is 87.8 Å². The lowest BCUT2D eigenvalue weighted by molar-refractivity contribution is 0.0604. The first kappa shape index (κ1) is 25.4. The summed E-state index contributed by atoms with van der Waals surface area (Å²) in [6.45, 7) is 2.90. The van der Waals surface area contributed by atoms with Gasteiger partial charge in [-0.05, 0) is 83.1 Å². The van der Waals surface area contributed by atoms with Gasteiger partial charge in [0.05, 0.1) is 11.7 Å². The van der Waals surface area contributed by atoms with Crippen LogP contribution in [-0.2, 0) is 13.0 Å². The number of piperidine rings is 1. The lowest BCUT2D eigenvalue weighted by Gasteiger charge is -2.46. The predicted octanol–water partition coefficient (Wildman–Crippen LogP) is 5.91. The van der Waals surface area contributed by atoms with E-state index in [1.165, 1.54) is 0 Å². The number of carboxylic acid groups (broad SMARTS) is 1. The maximum atomic E-state index is 13.1. The number of fused-ring (bicyclic) bond motifs is 2. The van der Waals surface area contributed by atoms with E-state index >= 15 is 0 Å². The number of anilines is 1. The van der Waals surface area contributed by atoms with Gasteiger partial charge in [-0.3, -0.25) is 5.10 Å². The molecule has 0 aliphatic carbocycles. The predicted molar refractivity (Wildman–Crippen MR) is 152 cm³/mol. The Balaban J connectivity index is 1.36. The molecule has 0 bridgehead atoms. The summed E-state index contributed by atoms with van der Waals surface area (Å²) in [7, 11) is 0. The van der Waals surface area contributed by atoms with Gasteiger partial charge in [0.15, 0.2) is 0 Å². The molecule has 0 saturated carbocycles. The maximum Gasteiger partial charge on any atom is 0.407 e. The Hall–Kier alpha value is -3.92. The van der Waals surface area contributed by atoms with E-state index in [1.54, 1.807) is 4.90 Å². The topological polar surface area (TPSA) is 114 Å². The normalized spacial score (nSPS) is 20.0. The number of aromatic nitrogens is 3. The molecule has 4 aromatic rings. The zero-order chi connectivity index (χ0) is 27.1. The number of hydrogen-bond donors (Lipinski definition) is 3. The van der Waals surface area contributed by atoms with Gasteiger partial charge < -0.3 is 20.2 Å². The largest absolute Gasteiger partial charge is 0.465 e. The number of halogens is 1.